The third kappa shape index (κ3) is 1.48. The molecule has 2 heterocycles. The molecule has 3 heteroatoms. The average molecular weight is 249 g/mol. The highest BCUT2D eigenvalue weighted by atomic mass is 15.3. The van der Waals surface area contributed by atoms with Crippen molar-refractivity contribution in [3.05, 3.63) is 64.9 Å². The first-order valence-electron chi connectivity index (χ1n) is 6.61. The Kier molecular flexibility index (Phi) is 2.15. The Morgan fingerprint density at radius 1 is 1.21 bits per heavy atom. The maximum absolute atomic E-state index is 6.09. The number of nitrogens with zero attached hydrogens (tertiary/aromatic N) is 2. The fourth-order valence-electron chi connectivity index (χ4n) is 3.06. The molecule has 0 saturated heterocycles. The number of benzene rings is 1. The molecule has 94 valence electrons. The predicted octanol–water partition coefficient (Wildman–Crippen LogP) is 2.52. The van der Waals surface area contributed by atoms with Gasteiger partial charge in [-0.15, -0.1) is 0 Å². The lowest BCUT2D eigenvalue weighted by molar-refractivity contribution is 1.10. The molecule has 0 saturated carbocycles. The summed E-state index contributed by atoms with van der Waals surface area (Å²) in [6.07, 6.45) is 8.73. The number of aliphatic imine (C=N–C) groups is 1. The zero-order valence-corrected chi connectivity index (χ0v) is 10.6. The van der Waals surface area contributed by atoms with Crippen molar-refractivity contribution in [2.24, 2.45) is 10.7 Å². The topological polar surface area (TPSA) is 41.6 Å². The number of rotatable bonds is 0. The van der Waals surface area contributed by atoms with E-state index in [4.69, 9.17) is 5.73 Å². The van der Waals surface area contributed by atoms with Gasteiger partial charge in [-0.3, -0.25) is 4.90 Å². The van der Waals surface area contributed by atoms with Crippen LogP contribution >= 0.6 is 0 Å². The van der Waals surface area contributed by atoms with Crippen LogP contribution in [0.15, 0.2) is 64.3 Å². The van der Waals surface area contributed by atoms with E-state index >= 15 is 0 Å². The van der Waals surface area contributed by atoms with Crippen LogP contribution in [0.2, 0.25) is 0 Å². The minimum Gasteiger partial charge on any atom is -0.369 e. The first kappa shape index (κ1) is 10.6. The SMILES string of the molecule is NC1=NCC2=C3C=CCC=C3Cc3ccccc3N12. The molecule has 0 atom stereocenters. The van der Waals surface area contributed by atoms with E-state index in [1.54, 1.807) is 0 Å². The lowest BCUT2D eigenvalue weighted by atomic mass is 9.93. The van der Waals surface area contributed by atoms with Gasteiger partial charge >= 0.3 is 0 Å². The quantitative estimate of drug-likeness (QED) is 0.767. The van der Waals surface area contributed by atoms with Crippen molar-refractivity contribution in [2.45, 2.75) is 12.8 Å². The van der Waals surface area contributed by atoms with Crippen LogP contribution in [0.5, 0.6) is 0 Å². The summed E-state index contributed by atoms with van der Waals surface area (Å²) in [6.45, 7) is 0.678. The number of hydrogen-bond acceptors (Lipinski definition) is 3. The van der Waals surface area contributed by atoms with Crippen LogP contribution < -0.4 is 10.6 Å². The summed E-state index contributed by atoms with van der Waals surface area (Å²) in [5, 5.41) is 0. The fraction of sp³-hybridized carbons (Fsp3) is 0.188. The third-order valence-corrected chi connectivity index (χ3v) is 3.94. The molecule has 0 bridgehead atoms. The number of anilines is 1. The molecular weight excluding hydrogens is 234 g/mol. The minimum absolute atomic E-state index is 0.607. The van der Waals surface area contributed by atoms with Gasteiger partial charge in [0.2, 0.25) is 5.96 Å². The molecule has 1 aromatic carbocycles. The summed E-state index contributed by atoms with van der Waals surface area (Å²) < 4.78 is 0. The zero-order chi connectivity index (χ0) is 12.8. The van der Waals surface area contributed by atoms with Gasteiger partial charge in [0.1, 0.15) is 0 Å². The number of nitrogens with two attached hydrogens (primary N) is 1. The van der Waals surface area contributed by atoms with Crippen molar-refractivity contribution < 1.29 is 0 Å². The standard InChI is InChI=1S/C16H15N3/c17-16-18-10-15-13-7-3-1-5-11(13)9-12-6-2-4-8-14(12)19(15)16/h2-8H,1,9-10H2,(H2,17,18). The van der Waals surface area contributed by atoms with Crippen LogP contribution in [0, 0.1) is 0 Å². The first-order valence-corrected chi connectivity index (χ1v) is 6.61. The molecule has 2 N–H and O–H groups in total. The zero-order valence-electron chi connectivity index (χ0n) is 10.6. The lowest BCUT2D eigenvalue weighted by Crippen LogP contribution is -2.33. The normalized spacial score (nSPS) is 20.3. The Balaban J connectivity index is 2.00. The monoisotopic (exact) mass is 249 g/mol. The Bertz CT molecular complexity index is 677. The Hall–Kier alpha value is -2.29. The molecular formula is C16H15N3. The maximum Gasteiger partial charge on any atom is 0.200 e. The van der Waals surface area contributed by atoms with Gasteiger partial charge in [0.15, 0.2) is 0 Å². The first-order chi connectivity index (χ1) is 9.34. The van der Waals surface area contributed by atoms with E-state index in [0.29, 0.717) is 12.5 Å². The predicted molar refractivity (Wildman–Crippen MR) is 78.0 cm³/mol. The van der Waals surface area contributed by atoms with Crippen molar-refractivity contribution in [2.75, 3.05) is 11.4 Å². The summed E-state index contributed by atoms with van der Waals surface area (Å²) in [5.41, 5.74) is 12.5. The smallest absolute Gasteiger partial charge is 0.200 e. The van der Waals surface area contributed by atoms with Gasteiger partial charge in [-0.05, 0) is 35.6 Å². The molecule has 0 amide bonds. The number of allylic oxidation sites excluding steroid dienone is 5. The molecule has 3 aliphatic rings. The average Bonchev–Trinajstić information content (AvgIpc) is 2.75. The third-order valence-electron chi connectivity index (χ3n) is 3.94. The number of hydrogen-bond donors (Lipinski definition) is 1. The van der Waals surface area contributed by atoms with E-state index in [1.807, 2.05) is 0 Å². The molecule has 4 rings (SSSR count). The van der Waals surface area contributed by atoms with Gasteiger partial charge in [-0.2, -0.15) is 0 Å². The molecule has 19 heavy (non-hydrogen) atoms. The van der Waals surface area contributed by atoms with E-state index in [1.165, 1.54) is 28.1 Å². The van der Waals surface area contributed by atoms with Crippen LogP contribution in [0.25, 0.3) is 0 Å². The highest BCUT2D eigenvalue weighted by Gasteiger charge is 2.30. The molecule has 0 aromatic heterocycles. The summed E-state index contributed by atoms with van der Waals surface area (Å²) in [4.78, 5) is 6.53. The van der Waals surface area contributed by atoms with Gasteiger partial charge in [0.25, 0.3) is 0 Å². The second-order valence-corrected chi connectivity index (χ2v) is 5.04. The largest absolute Gasteiger partial charge is 0.369 e. The van der Waals surface area contributed by atoms with Crippen molar-refractivity contribution in [1.29, 1.82) is 0 Å². The van der Waals surface area contributed by atoms with Gasteiger partial charge in [-0.1, -0.05) is 36.4 Å². The number of fused-ring (bicyclic) bond motifs is 4. The highest BCUT2D eigenvalue weighted by Crippen LogP contribution is 2.38. The molecule has 0 spiro atoms. The van der Waals surface area contributed by atoms with Crippen LogP contribution in [0.4, 0.5) is 5.69 Å². The summed E-state index contributed by atoms with van der Waals surface area (Å²) in [7, 11) is 0. The molecule has 0 unspecified atom stereocenters. The second-order valence-electron chi connectivity index (χ2n) is 5.04. The van der Waals surface area contributed by atoms with Crippen molar-refractivity contribution in [3.8, 4) is 0 Å². The molecule has 1 aliphatic carbocycles. The van der Waals surface area contributed by atoms with Gasteiger partial charge in [0, 0.05) is 0 Å². The Labute approximate surface area is 112 Å². The molecule has 0 fully saturated rings. The summed E-state index contributed by atoms with van der Waals surface area (Å²) >= 11 is 0. The maximum atomic E-state index is 6.09. The van der Waals surface area contributed by atoms with Crippen molar-refractivity contribution >= 4 is 11.6 Å². The second kappa shape index (κ2) is 3.85. The van der Waals surface area contributed by atoms with Gasteiger partial charge in [-0.25, -0.2) is 4.99 Å². The molecule has 0 radical (unpaired) electrons. The van der Waals surface area contributed by atoms with Gasteiger partial charge in [0.05, 0.1) is 17.9 Å². The number of para-hydroxylation sites is 1. The van der Waals surface area contributed by atoms with E-state index in [2.05, 4.69) is 52.4 Å². The number of guanidine groups is 1. The summed E-state index contributed by atoms with van der Waals surface area (Å²) in [5.74, 6) is 0.607. The van der Waals surface area contributed by atoms with E-state index in [0.717, 1.165) is 12.8 Å². The van der Waals surface area contributed by atoms with Crippen molar-refractivity contribution in [3.63, 3.8) is 0 Å². The van der Waals surface area contributed by atoms with Crippen molar-refractivity contribution in [1.82, 2.24) is 0 Å². The Morgan fingerprint density at radius 3 is 3.05 bits per heavy atom. The minimum atomic E-state index is 0.607. The van der Waals surface area contributed by atoms with E-state index in [9.17, 15) is 0 Å². The summed E-state index contributed by atoms with van der Waals surface area (Å²) in [6, 6.07) is 8.46. The van der Waals surface area contributed by atoms with Crippen LogP contribution in [-0.2, 0) is 6.42 Å². The van der Waals surface area contributed by atoms with Crippen LogP contribution in [0.3, 0.4) is 0 Å². The highest BCUT2D eigenvalue weighted by molar-refractivity contribution is 6.02. The van der Waals surface area contributed by atoms with E-state index < -0.39 is 0 Å². The Morgan fingerprint density at radius 2 is 2.11 bits per heavy atom. The van der Waals surface area contributed by atoms with E-state index in [-0.39, 0.29) is 0 Å². The lowest BCUT2D eigenvalue weighted by Gasteiger charge is -2.21. The molecule has 2 aliphatic heterocycles. The van der Waals surface area contributed by atoms with Crippen LogP contribution in [-0.4, -0.2) is 12.5 Å². The molecule has 1 aromatic rings. The van der Waals surface area contributed by atoms with Gasteiger partial charge < -0.3 is 5.73 Å². The molecule has 3 nitrogen and oxygen atoms in total. The fourth-order valence-corrected chi connectivity index (χ4v) is 3.06. The van der Waals surface area contributed by atoms with Crippen LogP contribution in [0.1, 0.15) is 12.0 Å².